The number of benzene rings is 1. The number of hydrogen-bond donors (Lipinski definition) is 1. The van der Waals surface area contributed by atoms with Gasteiger partial charge in [-0.3, -0.25) is 0 Å². The van der Waals surface area contributed by atoms with E-state index >= 15 is 0 Å². The maximum absolute atomic E-state index is 5.66. The Morgan fingerprint density at radius 1 is 1.35 bits per heavy atom. The summed E-state index contributed by atoms with van der Waals surface area (Å²) in [5.41, 5.74) is 2.76. The standard InChI is InChI=1S/C17H28N2O/c1-14(2)12-18-8-9-19(3)13-15-6-7-17-16(11-15)5-4-10-20-17/h6-7,11,14,18H,4-5,8-10,12-13H2,1-3H3. The molecule has 1 aromatic rings. The largest absolute Gasteiger partial charge is 0.493 e. The van der Waals surface area contributed by atoms with Gasteiger partial charge < -0.3 is 15.0 Å². The third-order valence-electron chi connectivity index (χ3n) is 3.65. The zero-order valence-electron chi connectivity index (χ0n) is 13.1. The summed E-state index contributed by atoms with van der Waals surface area (Å²) in [7, 11) is 2.19. The summed E-state index contributed by atoms with van der Waals surface area (Å²) >= 11 is 0. The summed E-state index contributed by atoms with van der Waals surface area (Å²) in [6, 6.07) is 6.64. The molecule has 0 saturated carbocycles. The van der Waals surface area contributed by atoms with E-state index in [1.165, 1.54) is 11.1 Å². The minimum absolute atomic E-state index is 0.723. The van der Waals surface area contributed by atoms with Gasteiger partial charge in [0.05, 0.1) is 6.61 Å². The summed E-state index contributed by atoms with van der Waals surface area (Å²) in [5, 5.41) is 3.49. The maximum atomic E-state index is 5.66. The minimum atomic E-state index is 0.723. The van der Waals surface area contributed by atoms with E-state index in [2.05, 4.69) is 49.3 Å². The van der Waals surface area contributed by atoms with E-state index in [4.69, 9.17) is 4.74 Å². The average molecular weight is 276 g/mol. The molecule has 112 valence electrons. The van der Waals surface area contributed by atoms with Crippen LogP contribution >= 0.6 is 0 Å². The van der Waals surface area contributed by atoms with E-state index in [0.717, 1.165) is 57.3 Å². The highest BCUT2D eigenvalue weighted by molar-refractivity contribution is 5.38. The molecule has 1 aliphatic rings. The van der Waals surface area contributed by atoms with Gasteiger partial charge in [-0.2, -0.15) is 0 Å². The van der Waals surface area contributed by atoms with Crippen LogP contribution in [-0.2, 0) is 13.0 Å². The first-order valence-electron chi connectivity index (χ1n) is 7.79. The van der Waals surface area contributed by atoms with Crippen LogP contribution < -0.4 is 10.1 Å². The van der Waals surface area contributed by atoms with Gasteiger partial charge in [0, 0.05) is 19.6 Å². The lowest BCUT2D eigenvalue weighted by molar-refractivity contribution is 0.287. The molecule has 0 aromatic heterocycles. The lowest BCUT2D eigenvalue weighted by Crippen LogP contribution is -2.30. The maximum Gasteiger partial charge on any atom is 0.122 e. The van der Waals surface area contributed by atoms with Gasteiger partial charge in [0.15, 0.2) is 0 Å². The molecule has 3 nitrogen and oxygen atoms in total. The van der Waals surface area contributed by atoms with Crippen molar-refractivity contribution in [2.24, 2.45) is 5.92 Å². The van der Waals surface area contributed by atoms with Gasteiger partial charge in [-0.1, -0.05) is 26.0 Å². The molecule has 0 bridgehead atoms. The molecular weight excluding hydrogens is 248 g/mol. The van der Waals surface area contributed by atoms with Crippen molar-refractivity contribution in [2.45, 2.75) is 33.2 Å². The van der Waals surface area contributed by atoms with Crippen molar-refractivity contribution in [3.05, 3.63) is 29.3 Å². The predicted molar refractivity (Wildman–Crippen MR) is 84.3 cm³/mol. The van der Waals surface area contributed by atoms with Crippen molar-refractivity contribution < 1.29 is 4.74 Å². The number of nitrogens with one attached hydrogen (secondary N) is 1. The van der Waals surface area contributed by atoms with Crippen LogP contribution in [0.4, 0.5) is 0 Å². The molecule has 0 fully saturated rings. The Morgan fingerprint density at radius 2 is 2.20 bits per heavy atom. The van der Waals surface area contributed by atoms with Crippen molar-refractivity contribution in [3.63, 3.8) is 0 Å². The molecule has 0 radical (unpaired) electrons. The summed E-state index contributed by atoms with van der Waals surface area (Å²) in [5.74, 6) is 1.81. The molecule has 0 amide bonds. The second-order valence-electron chi connectivity index (χ2n) is 6.23. The summed E-state index contributed by atoms with van der Waals surface area (Å²) < 4.78 is 5.66. The van der Waals surface area contributed by atoms with E-state index < -0.39 is 0 Å². The smallest absolute Gasteiger partial charge is 0.122 e. The van der Waals surface area contributed by atoms with Gasteiger partial charge in [0.2, 0.25) is 0 Å². The SMILES string of the molecule is CC(C)CNCCN(C)Cc1ccc2c(c1)CCCO2. The molecule has 0 spiro atoms. The van der Waals surface area contributed by atoms with Gasteiger partial charge in [0.25, 0.3) is 0 Å². The number of ether oxygens (including phenoxy) is 1. The molecule has 0 saturated heterocycles. The van der Waals surface area contributed by atoms with Crippen molar-refractivity contribution in [1.82, 2.24) is 10.2 Å². The van der Waals surface area contributed by atoms with Crippen molar-refractivity contribution >= 4 is 0 Å². The molecule has 1 aliphatic heterocycles. The number of aryl methyl sites for hydroxylation is 1. The molecular formula is C17H28N2O. The molecule has 0 atom stereocenters. The highest BCUT2D eigenvalue weighted by Crippen LogP contribution is 2.25. The third kappa shape index (κ3) is 4.80. The Bertz CT molecular complexity index is 417. The van der Waals surface area contributed by atoms with Crippen molar-refractivity contribution in [2.75, 3.05) is 33.3 Å². The third-order valence-corrected chi connectivity index (χ3v) is 3.65. The number of hydrogen-bond acceptors (Lipinski definition) is 3. The molecule has 2 rings (SSSR count). The first-order chi connectivity index (χ1) is 9.65. The fraction of sp³-hybridized carbons (Fsp3) is 0.647. The van der Waals surface area contributed by atoms with Crippen molar-refractivity contribution in [3.8, 4) is 5.75 Å². The highest BCUT2D eigenvalue weighted by atomic mass is 16.5. The normalized spacial score (nSPS) is 14.4. The number of likely N-dealkylation sites (N-methyl/N-ethyl adjacent to an activating group) is 1. The first-order valence-corrected chi connectivity index (χ1v) is 7.79. The fourth-order valence-corrected chi connectivity index (χ4v) is 2.56. The lowest BCUT2D eigenvalue weighted by atomic mass is 10.0. The summed E-state index contributed by atoms with van der Waals surface area (Å²) in [6.45, 7) is 9.61. The molecule has 20 heavy (non-hydrogen) atoms. The Balaban J connectivity index is 1.77. The van der Waals surface area contributed by atoms with Crippen LogP contribution in [0.2, 0.25) is 0 Å². The van der Waals surface area contributed by atoms with E-state index in [0.29, 0.717) is 0 Å². The molecule has 3 heteroatoms. The summed E-state index contributed by atoms with van der Waals surface area (Å²) in [6.07, 6.45) is 2.30. The Labute approximate surface area is 123 Å². The predicted octanol–water partition coefficient (Wildman–Crippen LogP) is 2.69. The van der Waals surface area contributed by atoms with Gasteiger partial charge >= 0.3 is 0 Å². The van der Waals surface area contributed by atoms with Gasteiger partial charge in [-0.25, -0.2) is 0 Å². The zero-order valence-corrected chi connectivity index (χ0v) is 13.1. The van der Waals surface area contributed by atoms with Crippen LogP contribution in [0.15, 0.2) is 18.2 Å². The quantitative estimate of drug-likeness (QED) is 0.775. The second kappa shape index (κ2) is 7.65. The summed E-state index contributed by atoms with van der Waals surface area (Å²) in [4.78, 5) is 2.37. The second-order valence-corrected chi connectivity index (χ2v) is 6.23. The minimum Gasteiger partial charge on any atom is -0.493 e. The van der Waals surface area contributed by atoms with Crippen LogP contribution in [-0.4, -0.2) is 38.2 Å². The van der Waals surface area contributed by atoms with Crippen LogP contribution in [0.5, 0.6) is 5.75 Å². The molecule has 0 unspecified atom stereocenters. The highest BCUT2D eigenvalue weighted by Gasteiger charge is 2.11. The lowest BCUT2D eigenvalue weighted by Gasteiger charge is -2.21. The fourth-order valence-electron chi connectivity index (χ4n) is 2.56. The Hall–Kier alpha value is -1.06. The van der Waals surface area contributed by atoms with E-state index in [1.54, 1.807) is 0 Å². The average Bonchev–Trinajstić information content (AvgIpc) is 2.43. The van der Waals surface area contributed by atoms with Gasteiger partial charge in [-0.15, -0.1) is 0 Å². The number of rotatable bonds is 7. The molecule has 1 heterocycles. The first kappa shape index (κ1) is 15.3. The van der Waals surface area contributed by atoms with Crippen LogP contribution in [0.1, 0.15) is 31.4 Å². The van der Waals surface area contributed by atoms with Gasteiger partial charge in [0.1, 0.15) is 5.75 Å². The number of nitrogens with zero attached hydrogens (tertiary/aromatic N) is 1. The monoisotopic (exact) mass is 276 g/mol. The van der Waals surface area contributed by atoms with E-state index in [9.17, 15) is 0 Å². The zero-order chi connectivity index (χ0) is 14.4. The van der Waals surface area contributed by atoms with E-state index in [-0.39, 0.29) is 0 Å². The van der Waals surface area contributed by atoms with Gasteiger partial charge in [-0.05, 0) is 49.5 Å². The molecule has 1 N–H and O–H groups in total. The van der Waals surface area contributed by atoms with Crippen LogP contribution in [0.3, 0.4) is 0 Å². The molecule has 0 aliphatic carbocycles. The van der Waals surface area contributed by atoms with Crippen molar-refractivity contribution in [1.29, 1.82) is 0 Å². The molecule has 1 aromatic carbocycles. The Morgan fingerprint density at radius 3 is 3.00 bits per heavy atom. The van der Waals surface area contributed by atoms with Crippen LogP contribution in [0, 0.1) is 5.92 Å². The van der Waals surface area contributed by atoms with Crippen LogP contribution in [0.25, 0.3) is 0 Å². The topological polar surface area (TPSA) is 24.5 Å². The van der Waals surface area contributed by atoms with E-state index in [1.807, 2.05) is 0 Å². The Kier molecular flexibility index (Phi) is 5.86. The number of fused-ring (bicyclic) bond motifs is 1.